The molecule has 1 heterocycles. The highest BCUT2D eigenvalue weighted by Gasteiger charge is 1.96. The first kappa shape index (κ1) is 5.91. The van der Waals surface area contributed by atoms with Crippen LogP contribution in [-0.2, 0) is 0 Å². The summed E-state index contributed by atoms with van der Waals surface area (Å²) in [7, 11) is 0. The van der Waals surface area contributed by atoms with E-state index in [1.54, 1.807) is 12.1 Å². The molecule has 0 amide bonds. The van der Waals surface area contributed by atoms with Crippen molar-refractivity contribution in [2.45, 2.75) is 0 Å². The number of hydrogen-bond acceptors (Lipinski definition) is 3. The van der Waals surface area contributed by atoms with E-state index in [0.717, 1.165) is 0 Å². The Hall–Kier alpha value is -1.22. The molecule has 0 aliphatic rings. The Kier molecular flexibility index (Phi) is 1.55. The smallest absolute Gasteiger partial charge is 0.151 e. The van der Waals surface area contributed by atoms with Gasteiger partial charge in [-0.3, -0.25) is 10.7 Å². The topological polar surface area (TPSA) is 45.4 Å². The maximum Gasteiger partial charge on any atom is 0.151 e. The molecule has 0 bridgehead atoms. The lowest BCUT2D eigenvalue weighted by Gasteiger charge is -1.95. The van der Waals surface area contributed by atoms with E-state index in [4.69, 9.17) is 9.62 Å². The summed E-state index contributed by atoms with van der Waals surface area (Å²) in [5.41, 5.74) is 2.24. The first-order valence-electron chi connectivity index (χ1n) is 2.47. The highest BCUT2D eigenvalue weighted by atomic mass is 16.5. The molecule has 2 N–H and O–H groups in total. The lowest BCUT2D eigenvalue weighted by molar-refractivity contribution is 0.222. The molecule has 1 rings (SSSR count). The van der Waals surface area contributed by atoms with Gasteiger partial charge in [-0.15, -0.1) is 0 Å². The molecule has 0 fully saturated rings. The fourth-order valence-electron chi connectivity index (χ4n) is 0.505. The van der Waals surface area contributed by atoms with Crippen molar-refractivity contribution in [3.8, 4) is 0 Å². The van der Waals surface area contributed by atoms with Gasteiger partial charge in [-0.05, 0) is 12.1 Å². The number of nitrogens with one attached hydrogen (secondary N) is 1. The van der Waals surface area contributed by atoms with Crippen LogP contribution in [0.5, 0.6) is 0 Å². The van der Waals surface area contributed by atoms with Gasteiger partial charge in [-0.2, -0.15) is 0 Å². The second-order valence-corrected chi connectivity index (χ2v) is 1.57. The molecule has 0 unspecified atom stereocenters. The minimum absolute atomic E-state index is 0.361. The van der Waals surface area contributed by atoms with Crippen molar-refractivity contribution >= 4 is 5.70 Å². The Balaban J connectivity index is 2.77. The van der Waals surface area contributed by atoms with E-state index in [0.29, 0.717) is 11.5 Å². The molecule has 0 aromatic carbocycles. The second kappa shape index (κ2) is 2.37. The highest BCUT2D eigenvalue weighted by Crippen LogP contribution is 2.07. The Morgan fingerprint density at radius 2 is 2.56 bits per heavy atom. The van der Waals surface area contributed by atoms with Crippen molar-refractivity contribution < 1.29 is 9.62 Å². The van der Waals surface area contributed by atoms with E-state index in [-0.39, 0.29) is 0 Å². The van der Waals surface area contributed by atoms with E-state index >= 15 is 0 Å². The molecule has 0 saturated heterocycles. The molecule has 1 aromatic rings. The normalized spacial score (nSPS) is 9.00. The van der Waals surface area contributed by atoms with Crippen LogP contribution in [0.25, 0.3) is 5.70 Å². The first-order chi connectivity index (χ1) is 4.34. The summed E-state index contributed by atoms with van der Waals surface area (Å²) in [4.78, 5) is 0. The van der Waals surface area contributed by atoms with Crippen LogP contribution in [0.4, 0.5) is 0 Å². The van der Waals surface area contributed by atoms with E-state index < -0.39 is 0 Å². The Morgan fingerprint density at radius 3 is 3.00 bits per heavy atom. The largest absolute Gasteiger partial charge is 0.463 e. The van der Waals surface area contributed by atoms with Gasteiger partial charge in [-0.1, -0.05) is 6.58 Å². The molecule has 1 aromatic heterocycles. The minimum Gasteiger partial charge on any atom is -0.463 e. The van der Waals surface area contributed by atoms with Gasteiger partial charge >= 0.3 is 0 Å². The van der Waals surface area contributed by atoms with E-state index in [9.17, 15) is 0 Å². The third-order valence-corrected chi connectivity index (χ3v) is 0.954. The standard InChI is InChI=1S/C6H7NO2/c1-5(7-8)6-3-2-4-9-6/h2-4,7-8H,1H2. The molecule has 0 aliphatic heterocycles. The fourth-order valence-corrected chi connectivity index (χ4v) is 0.505. The predicted octanol–water partition coefficient (Wildman–Crippen LogP) is 1.23. The summed E-state index contributed by atoms with van der Waals surface area (Å²) >= 11 is 0. The quantitative estimate of drug-likeness (QED) is 0.584. The molecule has 0 radical (unpaired) electrons. The number of hydrogen-bond donors (Lipinski definition) is 2. The van der Waals surface area contributed by atoms with Crippen molar-refractivity contribution in [1.82, 2.24) is 5.48 Å². The van der Waals surface area contributed by atoms with Gasteiger partial charge in [0, 0.05) is 0 Å². The van der Waals surface area contributed by atoms with Crippen LogP contribution in [0.1, 0.15) is 5.76 Å². The van der Waals surface area contributed by atoms with Crippen LogP contribution in [0, 0.1) is 0 Å². The van der Waals surface area contributed by atoms with Crippen molar-refractivity contribution in [1.29, 1.82) is 0 Å². The summed E-state index contributed by atoms with van der Waals surface area (Å²) in [6.07, 6.45) is 1.51. The molecular weight excluding hydrogens is 118 g/mol. The van der Waals surface area contributed by atoms with Gasteiger partial charge in [0.05, 0.1) is 12.0 Å². The van der Waals surface area contributed by atoms with Crippen molar-refractivity contribution in [2.24, 2.45) is 0 Å². The van der Waals surface area contributed by atoms with Crippen LogP contribution in [0.2, 0.25) is 0 Å². The van der Waals surface area contributed by atoms with Gasteiger partial charge in [0.2, 0.25) is 0 Å². The van der Waals surface area contributed by atoms with Crippen LogP contribution in [0.3, 0.4) is 0 Å². The van der Waals surface area contributed by atoms with E-state index in [2.05, 4.69) is 6.58 Å². The lowest BCUT2D eigenvalue weighted by Crippen LogP contribution is -2.02. The van der Waals surface area contributed by atoms with Gasteiger partial charge in [0.15, 0.2) is 5.76 Å². The molecule has 3 heteroatoms. The van der Waals surface area contributed by atoms with Crippen LogP contribution >= 0.6 is 0 Å². The third-order valence-electron chi connectivity index (χ3n) is 0.954. The molecule has 0 spiro atoms. The summed E-state index contributed by atoms with van der Waals surface area (Å²) in [6.45, 7) is 3.46. The Bertz CT molecular complexity index is 191. The lowest BCUT2D eigenvalue weighted by atomic mass is 10.4. The summed E-state index contributed by atoms with van der Waals surface area (Å²) in [5, 5.41) is 8.30. The molecule has 0 saturated carbocycles. The van der Waals surface area contributed by atoms with Crippen molar-refractivity contribution in [3.05, 3.63) is 30.7 Å². The Morgan fingerprint density at radius 1 is 1.78 bits per heavy atom. The zero-order valence-electron chi connectivity index (χ0n) is 4.79. The van der Waals surface area contributed by atoms with Gasteiger partial charge in [-0.25, -0.2) is 0 Å². The minimum atomic E-state index is 0.361. The average Bonchev–Trinajstić information content (AvgIpc) is 2.37. The zero-order chi connectivity index (χ0) is 6.69. The molecule has 0 atom stereocenters. The zero-order valence-corrected chi connectivity index (χ0v) is 4.79. The van der Waals surface area contributed by atoms with Gasteiger partial charge in [0.1, 0.15) is 0 Å². The molecule has 3 nitrogen and oxygen atoms in total. The molecular formula is C6H7NO2. The molecule has 0 aliphatic carbocycles. The van der Waals surface area contributed by atoms with E-state index in [1.807, 2.05) is 5.48 Å². The van der Waals surface area contributed by atoms with Crippen molar-refractivity contribution in [3.63, 3.8) is 0 Å². The van der Waals surface area contributed by atoms with Gasteiger partial charge in [0.25, 0.3) is 0 Å². The maximum atomic E-state index is 8.30. The fraction of sp³-hybridized carbons (Fsp3) is 0. The van der Waals surface area contributed by atoms with Crippen LogP contribution in [0.15, 0.2) is 29.4 Å². The highest BCUT2D eigenvalue weighted by molar-refractivity contribution is 5.54. The number of rotatable bonds is 2. The Labute approximate surface area is 52.6 Å². The van der Waals surface area contributed by atoms with Crippen molar-refractivity contribution in [2.75, 3.05) is 0 Å². The number of hydroxylamine groups is 1. The predicted molar refractivity (Wildman–Crippen MR) is 32.7 cm³/mol. The number of furan rings is 1. The van der Waals surface area contributed by atoms with Crippen LogP contribution in [-0.4, -0.2) is 5.21 Å². The van der Waals surface area contributed by atoms with E-state index in [1.165, 1.54) is 6.26 Å². The van der Waals surface area contributed by atoms with Crippen LogP contribution < -0.4 is 5.48 Å². The SMILES string of the molecule is C=C(NO)c1ccco1. The van der Waals surface area contributed by atoms with Gasteiger partial charge < -0.3 is 4.42 Å². The summed E-state index contributed by atoms with van der Waals surface area (Å²) in [6, 6.07) is 3.42. The molecule has 48 valence electrons. The molecule has 9 heavy (non-hydrogen) atoms. The average molecular weight is 125 g/mol. The summed E-state index contributed by atoms with van der Waals surface area (Å²) < 4.78 is 4.86. The monoisotopic (exact) mass is 125 g/mol. The third kappa shape index (κ3) is 1.12. The maximum absolute atomic E-state index is 8.30. The first-order valence-corrected chi connectivity index (χ1v) is 2.47. The second-order valence-electron chi connectivity index (χ2n) is 1.57. The summed E-state index contributed by atoms with van der Waals surface area (Å²) in [5.74, 6) is 0.539.